The summed E-state index contributed by atoms with van der Waals surface area (Å²) in [5, 5.41) is 11.8. The first-order valence-electron chi connectivity index (χ1n) is 9.31. The van der Waals surface area contributed by atoms with Gasteiger partial charge in [-0.15, -0.1) is 0 Å². The number of rotatable bonds is 6. The van der Waals surface area contributed by atoms with Gasteiger partial charge in [0, 0.05) is 18.7 Å². The molecule has 1 heterocycles. The van der Waals surface area contributed by atoms with Crippen LogP contribution >= 0.6 is 0 Å². The average Bonchev–Trinajstić information content (AvgIpc) is 2.73. The molecule has 0 atom stereocenters. The lowest BCUT2D eigenvalue weighted by Crippen LogP contribution is -2.38. The van der Waals surface area contributed by atoms with Crippen LogP contribution < -0.4 is 10.1 Å². The van der Waals surface area contributed by atoms with Crippen molar-refractivity contribution in [2.24, 2.45) is 5.92 Å². The number of carbonyl (C=O) groups excluding carboxylic acids is 1. The summed E-state index contributed by atoms with van der Waals surface area (Å²) in [7, 11) is 1.68. The summed E-state index contributed by atoms with van der Waals surface area (Å²) in [6.07, 6.45) is 2.17. The Morgan fingerprint density at radius 1 is 1.15 bits per heavy atom. The molecule has 0 aliphatic carbocycles. The van der Waals surface area contributed by atoms with Crippen LogP contribution in [0.15, 0.2) is 48.5 Å². The molecule has 0 spiro atoms. The second-order valence-electron chi connectivity index (χ2n) is 6.97. The van der Waals surface area contributed by atoms with Gasteiger partial charge >= 0.3 is 0 Å². The highest BCUT2D eigenvalue weighted by Gasteiger charge is 2.20. The first-order chi connectivity index (χ1) is 13.2. The summed E-state index contributed by atoms with van der Waals surface area (Å²) < 4.78 is 5.20. The zero-order valence-electron chi connectivity index (χ0n) is 15.6. The molecule has 27 heavy (non-hydrogen) atoms. The third-order valence-corrected chi connectivity index (χ3v) is 5.10. The number of piperidine rings is 1. The van der Waals surface area contributed by atoms with Crippen LogP contribution in [-0.4, -0.2) is 37.6 Å². The number of likely N-dealkylation sites (tertiary alicyclic amines) is 1. The van der Waals surface area contributed by atoms with E-state index in [1.165, 1.54) is 5.56 Å². The fraction of sp³-hybridized carbons (Fsp3) is 0.364. The van der Waals surface area contributed by atoms with Crippen molar-refractivity contribution >= 4 is 5.91 Å². The Morgan fingerprint density at radius 3 is 2.41 bits per heavy atom. The van der Waals surface area contributed by atoms with Crippen molar-refractivity contribution in [3.8, 4) is 11.8 Å². The number of methoxy groups -OCH3 is 1. The van der Waals surface area contributed by atoms with Crippen molar-refractivity contribution in [1.29, 1.82) is 5.26 Å². The Balaban J connectivity index is 1.41. The SMILES string of the molecule is COc1ccc(CN2CCC(CNC(=O)c3ccc(C#N)cc3)CC2)cc1. The van der Waals surface area contributed by atoms with Gasteiger partial charge in [0.15, 0.2) is 0 Å². The van der Waals surface area contributed by atoms with Gasteiger partial charge in [0.25, 0.3) is 5.91 Å². The second-order valence-corrected chi connectivity index (χ2v) is 6.97. The molecule has 0 saturated carbocycles. The van der Waals surface area contributed by atoms with Crippen LogP contribution in [0, 0.1) is 17.2 Å². The number of hydrogen-bond donors (Lipinski definition) is 1. The van der Waals surface area contributed by atoms with Crippen molar-refractivity contribution in [1.82, 2.24) is 10.2 Å². The summed E-state index contributed by atoms with van der Waals surface area (Å²) >= 11 is 0. The molecule has 1 aliphatic rings. The number of benzene rings is 2. The number of carbonyl (C=O) groups is 1. The van der Waals surface area contributed by atoms with E-state index in [-0.39, 0.29) is 5.91 Å². The van der Waals surface area contributed by atoms with Gasteiger partial charge in [0.05, 0.1) is 18.7 Å². The maximum absolute atomic E-state index is 12.2. The van der Waals surface area contributed by atoms with Gasteiger partial charge < -0.3 is 10.1 Å². The second kappa shape index (κ2) is 9.20. The van der Waals surface area contributed by atoms with Crippen LogP contribution in [-0.2, 0) is 6.54 Å². The molecule has 0 radical (unpaired) electrons. The predicted octanol–water partition coefficient (Wildman–Crippen LogP) is 3.21. The molecule has 1 saturated heterocycles. The maximum Gasteiger partial charge on any atom is 0.251 e. The van der Waals surface area contributed by atoms with Gasteiger partial charge in [-0.1, -0.05) is 12.1 Å². The molecule has 3 rings (SSSR count). The number of amides is 1. The molecule has 0 aromatic heterocycles. The van der Waals surface area contributed by atoms with Crippen LogP contribution in [0.25, 0.3) is 0 Å². The van der Waals surface area contributed by atoms with Gasteiger partial charge in [-0.3, -0.25) is 9.69 Å². The van der Waals surface area contributed by atoms with E-state index in [0.29, 0.717) is 23.6 Å². The fourth-order valence-electron chi connectivity index (χ4n) is 3.37. The largest absolute Gasteiger partial charge is 0.497 e. The van der Waals surface area contributed by atoms with E-state index in [0.717, 1.165) is 38.2 Å². The van der Waals surface area contributed by atoms with Crippen molar-refractivity contribution < 1.29 is 9.53 Å². The van der Waals surface area contributed by atoms with Gasteiger partial charge in [0.2, 0.25) is 0 Å². The molecule has 5 heteroatoms. The van der Waals surface area contributed by atoms with Crippen LogP contribution in [0.3, 0.4) is 0 Å². The lowest BCUT2D eigenvalue weighted by atomic mass is 9.96. The Bertz CT molecular complexity index is 786. The molecule has 1 N–H and O–H groups in total. The zero-order chi connectivity index (χ0) is 19.1. The topological polar surface area (TPSA) is 65.4 Å². The minimum Gasteiger partial charge on any atom is -0.497 e. The Labute approximate surface area is 160 Å². The van der Waals surface area contributed by atoms with E-state index < -0.39 is 0 Å². The number of nitrogens with one attached hydrogen (secondary N) is 1. The quantitative estimate of drug-likeness (QED) is 0.856. The van der Waals surface area contributed by atoms with Crippen molar-refractivity contribution in [2.45, 2.75) is 19.4 Å². The molecule has 1 amide bonds. The van der Waals surface area contributed by atoms with Gasteiger partial charge in [-0.25, -0.2) is 0 Å². The monoisotopic (exact) mass is 363 g/mol. The maximum atomic E-state index is 12.2. The number of nitrogens with zero attached hydrogens (tertiary/aromatic N) is 2. The highest BCUT2D eigenvalue weighted by molar-refractivity contribution is 5.94. The summed E-state index contributed by atoms with van der Waals surface area (Å²) in [6, 6.07) is 17.0. The van der Waals surface area contributed by atoms with E-state index in [1.807, 2.05) is 12.1 Å². The molecule has 2 aromatic carbocycles. The smallest absolute Gasteiger partial charge is 0.251 e. The summed E-state index contributed by atoms with van der Waals surface area (Å²) in [5.41, 5.74) is 2.46. The summed E-state index contributed by atoms with van der Waals surface area (Å²) in [5.74, 6) is 1.33. The van der Waals surface area contributed by atoms with Crippen molar-refractivity contribution in [3.05, 3.63) is 65.2 Å². The Morgan fingerprint density at radius 2 is 1.81 bits per heavy atom. The van der Waals surface area contributed by atoms with E-state index in [9.17, 15) is 4.79 Å². The highest BCUT2D eigenvalue weighted by Crippen LogP contribution is 2.20. The third-order valence-electron chi connectivity index (χ3n) is 5.10. The van der Waals surface area contributed by atoms with Crippen LogP contribution in [0.2, 0.25) is 0 Å². The van der Waals surface area contributed by atoms with Crippen molar-refractivity contribution in [3.63, 3.8) is 0 Å². The van der Waals surface area contributed by atoms with Gasteiger partial charge in [0.1, 0.15) is 5.75 Å². The van der Waals surface area contributed by atoms with E-state index >= 15 is 0 Å². The zero-order valence-corrected chi connectivity index (χ0v) is 15.6. The number of ether oxygens (including phenoxy) is 1. The molecule has 0 unspecified atom stereocenters. The van der Waals surface area contributed by atoms with Crippen LogP contribution in [0.5, 0.6) is 5.75 Å². The number of nitriles is 1. The van der Waals surface area contributed by atoms with E-state index in [1.54, 1.807) is 31.4 Å². The standard InChI is InChI=1S/C22H25N3O2/c1-27-21-8-4-19(5-9-21)16-25-12-10-18(11-13-25)15-24-22(26)20-6-2-17(14-23)3-7-20/h2-9,18H,10-13,15-16H2,1H3,(H,24,26). The normalized spacial score (nSPS) is 15.1. The molecule has 2 aromatic rings. The molecule has 5 nitrogen and oxygen atoms in total. The van der Waals surface area contributed by atoms with Gasteiger partial charge in [-0.05, 0) is 73.8 Å². The predicted molar refractivity (Wildman–Crippen MR) is 104 cm³/mol. The molecular weight excluding hydrogens is 338 g/mol. The van der Waals surface area contributed by atoms with E-state index in [2.05, 4.69) is 28.4 Å². The molecular formula is C22H25N3O2. The molecule has 1 aliphatic heterocycles. The van der Waals surface area contributed by atoms with Crippen LogP contribution in [0.4, 0.5) is 0 Å². The number of hydrogen-bond acceptors (Lipinski definition) is 4. The lowest BCUT2D eigenvalue weighted by molar-refractivity contribution is 0.0935. The summed E-state index contributed by atoms with van der Waals surface area (Å²) in [4.78, 5) is 14.7. The van der Waals surface area contributed by atoms with Crippen molar-refractivity contribution in [2.75, 3.05) is 26.7 Å². The lowest BCUT2D eigenvalue weighted by Gasteiger charge is -2.32. The molecule has 0 bridgehead atoms. The Kier molecular flexibility index (Phi) is 6.45. The third kappa shape index (κ3) is 5.32. The van der Waals surface area contributed by atoms with E-state index in [4.69, 9.17) is 10.00 Å². The van der Waals surface area contributed by atoms with Crippen LogP contribution in [0.1, 0.15) is 34.3 Å². The fourth-order valence-corrected chi connectivity index (χ4v) is 3.37. The first kappa shape index (κ1) is 18.9. The average molecular weight is 363 g/mol. The molecule has 1 fully saturated rings. The minimum atomic E-state index is -0.0693. The first-order valence-corrected chi connectivity index (χ1v) is 9.31. The van der Waals surface area contributed by atoms with Gasteiger partial charge in [-0.2, -0.15) is 5.26 Å². The Hall–Kier alpha value is -2.84. The minimum absolute atomic E-state index is 0.0693. The highest BCUT2D eigenvalue weighted by atomic mass is 16.5. The summed E-state index contributed by atoms with van der Waals surface area (Å²) in [6.45, 7) is 3.75. The molecule has 140 valence electrons.